The summed E-state index contributed by atoms with van der Waals surface area (Å²) in [5.74, 6) is 0.720. The Kier molecular flexibility index (Phi) is 4.70. The minimum absolute atomic E-state index is 0.259. The van der Waals surface area contributed by atoms with E-state index in [0.717, 1.165) is 25.6 Å². The van der Waals surface area contributed by atoms with Crippen LogP contribution in [0, 0.1) is 5.92 Å². The van der Waals surface area contributed by atoms with Crippen LogP contribution in [0.1, 0.15) is 20.3 Å². The number of hydrogen-bond donors (Lipinski definition) is 2. The van der Waals surface area contributed by atoms with Crippen molar-refractivity contribution in [2.75, 3.05) is 32.8 Å². The standard InChI is InChI=1S/C10H22N2O/c1-9(2)6-12-5-3-4-11-10(7-12)8-13/h9-11,13H,3-8H2,1-2H3. The third-order valence-electron chi connectivity index (χ3n) is 2.41. The summed E-state index contributed by atoms with van der Waals surface area (Å²) in [5, 5.41) is 12.4. The fourth-order valence-corrected chi connectivity index (χ4v) is 1.88. The molecule has 0 saturated carbocycles. The van der Waals surface area contributed by atoms with E-state index in [0.29, 0.717) is 0 Å². The van der Waals surface area contributed by atoms with Gasteiger partial charge in [0.05, 0.1) is 6.61 Å². The summed E-state index contributed by atoms with van der Waals surface area (Å²) < 4.78 is 0. The molecule has 0 spiro atoms. The zero-order valence-corrected chi connectivity index (χ0v) is 8.79. The molecule has 1 atom stereocenters. The van der Waals surface area contributed by atoms with Crippen molar-refractivity contribution in [2.24, 2.45) is 5.92 Å². The van der Waals surface area contributed by atoms with E-state index in [4.69, 9.17) is 5.11 Å². The predicted molar refractivity (Wildman–Crippen MR) is 54.8 cm³/mol. The molecule has 1 rings (SSSR count). The third kappa shape index (κ3) is 4.07. The number of hydrogen-bond acceptors (Lipinski definition) is 3. The molecular weight excluding hydrogens is 164 g/mol. The highest BCUT2D eigenvalue weighted by molar-refractivity contribution is 4.76. The second kappa shape index (κ2) is 5.58. The average Bonchev–Trinajstić information content (AvgIpc) is 2.28. The van der Waals surface area contributed by atoms with Crippen molar-refractivity contribution in [1.29, 1.82) is 0 Å². The van der Waals surface area contributed by atoms with E-state index in [1.54, 1.807) is 0 Å². The zero-order chi connectivity index (χ0) is 9.68. The van der Waals surface area contributed by atoms with Crippen LogP contribution >= 0.6 is 0 Å². The molecule has 3 nitrogen and oxygen atoms in total. The van der Waals surface area contributed by atoms with Gasteiger partial charge in [-0.05, 0) is 25.4 Å². The van der Waals surface area contributed by atoms with E-state index in [1.807, 2.05) is 0 Å². The Morgan fingerprint density at radius 2 is 2.31 bits per heavy atom. The van der Waals surface area contributed by atoms with Gasteiger partial charge in [0, 0.05) is 19.1 Å². The van der Waals surface area contributed by atoms with Crippen molar-refractivity contribution in [3.63, 3.8) is 0 Å². The van der Waals surface area contributed by atoms with Gasteiger partial charge < -0.3 is 15.3 Å². The monoisotopic (exact) mass is 186 g/mol. The smallest absolute Gasteiger partial charge is 0.0597 e. The molecule has 2 N–H and O–H groups in total. The molecule has 1 heterocycles. The van der Waals surface area contributed by atoms with Crippen LogP contribution in [0.3, 0.4) is 0 Å². The van der Waals surface area contributed by atoms with Gasteiger partial charge in [-0.1, -0.05) is 13.8 Å². The van der Waals surface area contributed by atoms with Crippen LogP contribution in [0.15, 0.2) is 0 Å². The lowest BCUT2D eigenvalue weighted by Crippen LogP contribution is -2.41. The van der Waals surface area contributed by atoms with Gasteiger partial charge in [0.1, 0.15) is 0 Å². The number of rotatable bonds is 3. The van der Waals surface area contributed by atoms with Crippen molar-refractivity contribution in [1.82, 2.24) is 10.2 Å². The summed E-state index contributed by atoms with van der Waals surface area (Å²) in [7, 11) is 0. The Morgan fingerprint density at radius 3 is 2.92 bits per heavy atom. The zero-order valence-electron chi connectivity index (χ0n) is 8.79. The Labute approximate surface area is 81.1 Å². The molecule has 13 heavy (non-hydrogen) atoms. The number of nitrogens with zero attached hydrogens (tertiary/aromatic N) is 1. The molecule has 0 bridgehead atoms. The fraction of sp³-hybridized carbons (Fsp3) is 1.00. The first-order chi connectivity index (χ1) is 6.22. The minimum atomic E-state index is 0.259. The minimum Gasteiger partial charge on any atom is -0.395 e. The van der Waals surface area contributed by atoms with E-state index >= 15 is 0 Å². The predicted octanol–water partition coefficient (Wildman–Crippen LogP) is 0.299. The molecule has 0 radical (unpaired) electrons. The summed E-state index contributed by atoms with van der Waals surface area (Å²) in [6.45, 7) is 9.10. The van der Waals surface area contributed by atoms with Crippen LogP contribution in [-0.2, 0) is 0 Å². The molecule has 0 aromatic rings. The fourth-order valence-electron chi connectivity index (χ4n) is 1.88. The number of nitrogens with one attached hydrogen (secondary N) is 1. The van der Waals surface area contributed by atoms with Gasteiger partial charge >= 0.3 is 0 Å². The molecule has 1 saturated heterocycles. The van der Waals surface area contributed by atoms with Crippen LogP contribution in [0.25, 0.3) is 0 Å². The van der Waals surface area contributed by atoms with Gasteiger partial charge in [0.25, 0.3) is 0 Å². The van der Waals surface area contributed by atoms with Crippen LogP contribution in [-0.4, -0.2) is 48.8 Å². The number of aliphatic hydroxyl groups excluding tert-OH is 1. The molecule has 1 unspecified atom stereocenters. The first kappa shape index (κ1) is 11.0. The van der Waals surface area contributed by atoms with Gasteiger partial charge in [-0.25, -0.2) is 0 Å². The van der Waals surface area contributed by atoms with Crippen molar-refractivity contribution in [3.8, 4) is 0 Å². The summed E-state index contributed by atoms with van der Waals surface area (Å²) in [6.07, 6.45) is 1.20. The third-order valence-corrected chi connectivity index (χ3v) is 2.41. The molecule has 78 valence electrons. The van der Waals surface area contributed by atoms with E-state index < -0.39 is 0 Å². The normalized spacial score (nSPS) is 26.3. The maximum absolute atomic E-state index is 9.08. The Bertz CT molecular complexity index is 139. The van der Waals surface area contributed by atoms with Crippen LogP contribution < -0.4 is 5.32 Å². The molecule has 0 aromatic heterocycles. The molecule has 3 heteroatoms. The van der Waals surface area contributed by atoms with Gasteiger partial charge in [-0.3, -0.25) is 0 Å². The molecule has 1 aliphatic heterocycles. The van der Waals surface area contributed by atoms with Crippen LogP contribution in [0.5, 0.6) is 0 Å². The highest BCUT2D eigenvalue weighted by atomic mass is 16.3. The Morgan fingerprint density at radius 1 is 1.54 bits per heavy atom. The SMILES string of the molecule is CC(C)CN1CCCNC(CO)C1. The van der Waals surface area contributed by atoms with Crippen molar-refractivity contribution in [2.45, 2.75) is 26.3 Å². The second-order valence-electron chi connectivity index (χ2n) is 4.34. The molecule has 0 aliphatic carbocycles. The lowest BCUT2D eigenvalue weighted by atomic mass is 10.2. The van der Waals surface area contributed by atoms with E-state index in [1.165, 1.54) is 13.0 Å². The van der Waals surface area contributed by atoms with Crippen LogP contribution in [0.2, 0.25) is 0 Å². The van der Waals surface area contributed by atoms with Crippen molar-refractivity contribution < 1.29 is 5.11 Å². The first-order valence-electron chi connectivity index (χ1n) is 5.29. The van der Waals surface area contributed by atoms with E-state index in [-0.39, 0.29) is 12.6 Å². The topological polar surface area (TPSA) is 35.5 Å². The highest BCUT2D eigenvalue weighted by Crippen LogP contribution is 2.04. The summed E-state index contributed by atoms with van der Waals surface area (Å²) >= 11 is 0. The summed E-state index contributed by atoms with van der Waals surface area (Å²) in [4.78, 5) is 2.45. The van der Waals surface area contributed by atoms with Gasteiger partial charge in [-0.15, -0.1) is 0 Å². The van der Waals surface area contributed by atoms with Crippen molar-refractivity contribution in [3.05, 3.63) is 0 Å². The van der Waals surface area contributed by atoms with Crippen LogP contribution in [0.4, 0.5) is 0 Å². The second-order valence-corrected chi connectivity index (χ2v) is 4.34. The van der Waals surface area contributed by atoms with Gasteiger partial charge in [-0.2, -0.15) is 0 Å². The van der Waals surface area contributed by atoms with Crippen molar-refractivity contribution >= 4 is 0 Å². The van der Waals surface area contributed by atoms with Gasteiger partial charge in [0.2, 0.25) is 0 Å². The highest BCUT2D eigenvalue weighted by Gasteiger charge is 2.16. The molecule has 0 amide bonds. The summed E-state index contributed by atoms with van der Waals surface area (Å²) in [6, 6.07) is 0.279. The first-order valence-corrected chi connectivity index (χ1v) is 5.29. The maximum atomic E-state index is 9.08. The molecular formula is C10H22N2O. The lowest BCUT2D eigenvalue weighted by molar-refractivity contribution is 0.189. The van der Waals surface area contributed by atoms with E-state index in [2.05, 4.69) is 24.1 Å². The summed E-state index contributed by atoms with van der Waals surface area (Å²) in [5.41, 5.74) is 0. The largest absolute Gasteiger partial charge is 0.395 e. The quantitative estimate of drug-likeness (QED) is 0.665. The molecule has 1 fully saturated rings. The molecule has 1 aliphatic rings. The molecule has 0 aromatic carbocycles. The van der Waals surface area contributed by atoms with E-state index in [9.17, 15) is 0 Å². The number of aliphatic hydroxyl groups is 1. The average molecular weight is 186 g/mol. The Balaban J connectivity index is 2.35. The van der Waals surface area contributed by atoms with Gasteiger partial charge in [0.15, 0.2) is 0 Å². The lowest BCUT2D eigenvalue weighted by Gasteiger charge is -2.24. The Hall–Kier alpha value is -0.120. The maximum Gasteiger partial charge on any atom is 0.0597 e.